The molecular formula is C12H10N4O2S2. The number of rotatable bonds is 3. The Kier molecular flexibility index (Phi) is 3.13. The van der Waals surface area contributed by atoms with Gasteiger partial charge in [0.05, 0.1) is 6.20 Å². The van der Waals surface area contributed by atoms with E-state index in [9.17, 15) is 8.42 Å². The molecule has 0 unspecified atom stereocenters. The molecule has 8 heteroatoms. The number of nitrogens with two attached hydrogens (primary N) is 1. The first-order valence-electron chi connectivity index (χ1n) is 5.62. The number of pyridine rings is 1. The van der Waals surface area contributed by atoms with Gasteiger partial charge in [0.2, 0.25) is 10.0 Å². The van der Waals surface area contributed by atoms with Gasteiger partial charge in [0, 0.05) is 23.3 Å². The molecule has 0 amide bonds. The van der Waals surface area contributed by atoms with Crippen molar-refractivity contribution in [3.63, 3.8) is 0 Å². The third kappa shape index (κ3) is 2.48. The van der Waals surface area contributed by atoms with Gasteiger partial charge in [-0.05, 0) is 23.8 Å². The highest BCUT2D eigenvalue weighted by Gasteiger charge is 2.13. The summed E-state index contributed by atoms with van der Waals surface area (Å²) in [6.45, 7) is 0. The lowest BCUT2D eigenvalue weighted by Gasteiger charge is -1.97. The quantitative estimate of drug-likeness (QED) is 0.796. The molecule has 3 rings (SSSR count). The van der Waals surface area contributed by atoms with Crippen LogP contribution in [0.4, 0.5) is 0 Å². The highest BCUT2D eigenvalue weighted by atomic mass is 32.2. The minimum Gasteiger partial charge on any atom is -0.237 e. The van der Waals surface area contributed by atoms with Crippen molar-refractivity contribution >= 4 is 21.4 Å². The van der Waals surface area contributed by atoms with Crippen LogP contribution in [0.3, 0.4) is 0 Å². The van der Waals surface area contributed by atoms with Gasteiger partial charge in [-0.25, -0.2) is 23.2 Å². The van der Waals surface area contributed by atoms with E-state index in [0.717, 1.165) is 22.5 Å². The van der Waals surface area contributed by atoms with Crippen molar-refractivity contribution in [1.82, 2.24) is 14.8 Å². The Labute approximate surface area is 119 Å². The average Bonchev–Trinajstić information content (AvgIpc) is 3.08. The molecule has 0 aliphatic rings. The lowest BCUT2D eigenvalue weighted by atomic mass is 10.2. The van der Waals surface area contributed by atoms with Gasteiger partial charge in [-0.15, -0.1) is 11.3 Å². The molecule has 3 heterocycles. The minimum absolute atomic E-state index is 0.137. The number of primary sulfonamides is 1. The second-order valence-corrected chi connectivity index (χ2v) is 6.76. The van der Waals surface area contributed by atoms with Crippen LogP contribution in [0, 0.1) is 0 Å². The summed E-state index contributed by atoms with van der Waals surface area (Å²) in [6, 6.07) is 7.07. The predicted molar refractivity (Wildman–Crippen MR) is 76.0 cm³/mol. The van der Waals surface area contributed by atoms with Crippen molar-refractivity contribution in [2.24, 2.45) is 5.14 Å². The number of sulfonamides is 1. The summed E-state index contributed by atoms with van der Waals surface area (Å²) in [5.41, 5.74) is 1.57. The SMILES string of the molecule is NS(=O)(=O)c1cc(-c2cnn(-c3ccccn3)c2)cs1. The van der Waals surface area contributed by atoms with Crippen LogP contribution in [0.15, 0.2) is 52.4 Å². The fourth-order valence-corrected chi connectivity index (χ4v) is 3.32. The molecule has 3 aromatic rings. The number of hydrogen-bond donors (Lipinski definition) is 1. The van der Waals surface area contributed by atoms with Crippen LogP contribution in [-0.4, -0.2) is 23.2 Å². The van der Waals surface area contributed by atoms with Gasteiger partial charge in [0.1, 0.15) is 4.21 Å². The predicted octanol–water partition coefficient (Wildman–Crippen LogP) is 1.64. The highest BCUT2D eigenvalue weighted by molar-refractivity contribution is 7.91. The molecule has 6 nitrogen and oxygen atoms in total. The van der Waals surface area contributed by atoms with Gasteiger partial charge in [0.25, 0.3) is 0 Å². The smallest absolute Gasteiger partial charge is 0.237 e. The number of hydrogen-bond acceptors (Lipinski definition) is 5. The maximum absolute atomic E-state index is 11.3. The molecule has 0 atom stereocenters. The highest BCUT2D eigenvalue weighted by Crippen LogP contribution is 2.27. The zero-order valence-corrected chi connectivity index (χ0v) is 11.8. The van der Waals surface area contributed by atoms with E-state index in [1.165, 1.54) is 0 Å². The normalized spacial score (nSPS) is 11.7. The van der Waals surface area contributed by atoms with E-state index in [4.69, 9.17) is 5.14 Å². The summed E-state index contributed by atoms with van der Waals surface area (Å²) in [6.07, 6.45) is 5.13. The van der Waals surface area contributed by atoms with E-state index < -0.39 is 10.0 Å². The molecular weight excluding hydrogens is 296 g/mol. The van der Waals surface area contributed by atoms with Crippen LogP contribution < -0.4 is 5.14 Å². The molecule has 3 aromatic heterocycles. The summed E-state index contributed by atoms with van der Waals surface area (Å²) in [4.78, 5) is 4.19. The van der Waals surface area contributed by atoms with Gasteiger partial charge in [-0.2, -0.15) is 5.10 Å². The fourth-order valence-electron chi connectivity index (χ4n) is 1.70. The van der Waals surface area contributed by atoms with Gasteiger partial charge >= 0.3 is 0 Å². The first kappa shape index (κ1) is 13.0. The van der Waals surface area contributed by atoms with E-state index >= 15 is 0 Å². The van der Waals surface area contributed by atoms with Crippen molar-refractivity contribution in [2.45, 2.75) is 4.21 Å². The molecule has 20 heavy (non-hydrogen) atoms. The lowest BCUT2D eigenvalue weighted by Crippen LogP contribution is -2.09. The molecule has 0 radical (unpaired) electrons. The first-order valence-corrected chi connectivity index (χ1v) is 8.04. The topological polar surface area (TPSA) is 90.9 Å². The van der Waals surface area contributed by atoms with Crippen molar-refractivity contribution in [3.05, 3.63) is 48.2 Å². The van der Waals surface area contributed by atoms with Gasteiger partial charge in [0.15, 0.2) is 5.82 Å². The van der Waals surface area contributed by atoms with E-state index in [1.807, 2.05) is 18.2 Å². The van der Waals surface area contributed by atoms with Crippen molar-refractivity contribution in [2.75, 3.05) is 0 Å². The molecule has 0 aromatic carbocycles. The maximum atomic E-state index is 11.3. The van der Waals surface area contributed by atoms with Crippen LogP contribution in [0.5, 0.6) is 0 Å². The zero-order chi connectivity index (χ0) is 14.2. The van der Waals surface area contributed by atoms with Crippen LogP contribution in [0.2, 0.25) is 0 Å². The molecule has 0 saturated carbocycles. The van der Waals surface area contributed by atoms with Crippen molar-refractivity contribution < 1.29 is 8.42 Å². The van der Waals surface area contributed by atoms with E-state index in [0.29, 0.717) is 5.82 Å². The molecule has 0 spiro atoms. The van der Waals surface area contributed by atoms with Gasteiger partial charge in [-0.3, -0.25) is 0 Å². The average molecular weight is 306 g/mol. The van der Waals surface area contributed by atoms with Crippen LogP contribution in [-0.2, 0) is 10.0 Å². The third-order valence-corrected chi connectivity index (χ3v) is 5.04. The Morgan fingerprint density at radius 3 is 2.75 bits per heavy atom. The summed E-state index contributed by atoms with van der Waals surface area (Å²) < 4.78 is 24.3. The van der Waals surface area contributed by atoms with E-state index in [-0.39, 0.29) is 4.21 Å². The molecule has 2 N–H and O–H groups in total. The molecule has 0 aliphatic carbocycles. The van der Waals surface area contributed by atoms with E-state index in [1.54, 1.807) is 34.7 Å². The Morgan fingerprint density at radius 1 is 1.25 bits per heavy atom. The lowest BCUT2D eigenvalue weighted by molar-refractivity contribution is 0.600. The molecule has 0 fully saturated rings. The Bertz CT molecular complexity index is 837. The van der Waals surface area contributed by atoms with Crippen LogP contribution >= 0.6 is 11.3 Å². The Balaban J connectivity index is 1.97. The first-order chi connectivity index (χ1) is 9.54. The standard InChI is InChI=1S/C12H10N4O2S2/c13-20(17,18)12-5-9(8-19-12)10-6-15-16(7-10)11-3-1-2-4-14-11/h1-8H,(H2,13,17,18). The second-order valence-electron chi connectivity index (χ2n) is 4.06. The Morgan fingerprint density at radius 2 is 2.10 bits per heavy atom. The van der Waals surface area contributed by atoms with Crippen LogP contribution in [0.25, 0.3) is 16.9 Å². The number of thiophene rings is 1. The molecule has 0 bridgehead atoms. The summed E-state index contributed by atoms with van der Waals surface area (Å²) in [5.74, 6) is 0.695. The summed E-state index contributed by atoms with van der Waals surface area (Å²) in [7, 11) is -3.66. The Hall–Kier alpha value is -2.03. The molecule has 0 saturated heterocycles. The third-order valence-electron chi connectivity index (χ3n) is 2.66. The number of nitrogens with zero attached hydrogens (tertiary/aromatic N) is 3. The minimum atomic E-state index is -3.66. The monoisotopic (exact) mass is 306 g/mol. The van der Waals surface area contributed by atoms with Gasteiger partial charge in [-0.1, -0.05) is 6.07 Å². The summed E-state index contributed by atoms with van der Waals surface area (Å²) >= 11 is 1.09. The second kappa shape index (κ2) is 4.82. The molecule has 0 aliphatic heterocycles. The van der Waals surface area contributed by atoms with E-state index in [2.05, 4.69) is 10.1 Å². The van der Waals surface area contributed by atoms with Crippen molar-refractivity contribution in [1.29, 1.82) is 0 Å². The maximum Gasteiger partial charge on any atom is 0.247 e. The summed E-state index contributed by atoms with van der Waals surface area (Å²) in [5, 5.41) is 11.0. The fraction of sp³-hybridized carbons (Fsp3) is 0. The van der Waals surface area contributed by atoms with Gasteiger partial charge < -0.3 is 0 Å². The number of aromatic nitrogens is 3. The molecule has 102 valence electrons. The largest absolute Gasteiger partial charge is 0.247 e. The van der Waals surface area contributed by atoms with Crippen LogP contribution in [0.1, 0.15) is 0 Å². The van der Waals surface area contributed by atoms with Crippen molar-refractivity contribution in [3.8, 4) is 16.9 Å². The zero-order valence-electron chi connectivity index (χ0n) is 10.2.